The summed E-state index contributed by atoms with van der Waals surface area (Å²) < 4.78 is 0. The van der Waals surface area contributed by atoms with E-state index in [9.17, 15) is 9.59 Å². The minimum Gasteiger partial charge on any atom is -0.335 e. The summed E-state index contributed by atoms with van der Waals surface area (Å²) in [4.78, 5) is 35.7. The Balaban J connectivity index is 1.25. The summed E-state index contributed by atoms with van der Waals surface area (Å²) in [6.45, 7) is 5.71. The van der Waals surface area contributed by atoms with E-state index in [-0.39, 0.29) is 17.9 Å². The fraction of sp³-hybridized carbons (Fsp3) is 0.320. The first-order valence-corrected chi connectivity index (χ1v) is 11.9. The number of thiazole rings is 1. The number of rotatable bonds is 4. The first-order chi connectivity index (χ1) is 15.6. The lowest BCUT2D eigenvalue weighted by Gasteiger charge is -2.37. The molecule has 0 N–H and O–H groups in total. The highest BCUT2D eigenvalue weighted by molar-refractivity contribution is 7.07. The van der Waals surface area contributed by atoms with E-state index in [4.69, 9.17) is 0 Å². The fourth-order valence-corrected chi connectivity index (χ4v) is 5.22. The van der Waals surface area contributed by atoms with Crippen molar-refractivity contribution in [2.75, 3.05) is 37.6 Å². The molecular formula is C25H26N4O2S. The average molecular weight is 447 g/mol. The van der Waals surface area contributed by atoms with Gasteiger partial charge in [-0.1, -0.05) is 36.4 Å². The molecule has 164 valence electrons. The standard InChI is InChI=1S/C25H26N4O2S/c1-18-5-2-3-8-22(18)19-6-4-7-20(13-19)29-15-21(14-24(29)30)27-9-11-28(12-10-27)25(31)23-16-32-17-26-23/h2-8,13,16-17,21H,9-12,14-15H2,1H3. The molecule has 0 saturated carbocycles. The van der Waals surface area contributed by atoms with Gasteiger partial charge in [-0.05, 0) is 35.7 Å². The third kappa shape index (κ3) is 4.06. The SMILES string of the molecule is Cc1ccccc1-c1cccc(N2CC(N3CCN(C(=O)c4cscn4)CC3)CC2=O)c1. The zero-order valence-corrected chi connectivity index (χ0v) is 18.9. The normalized spacial score (nSPS) is 19.5. The molecular weight excluding hydrogens is 420 g/mol. The van der Waals surface area contributed by atoms with Crippen molar-refractivity contribution >= 4 is 28.8 Å². The highest BCUT2D eigenvalue weighted by Crippen LogP contribution is 2.30. The van der Waals surface area contributed by atoms with Crippen LogP contribution < -0.4 is 4.90 Å². The fourth-order valence-electron chi connectivity index (χ4n) is 4.69. The van der Waals surface area contributed by atoms with E-state index in [2.05, 4.69) is 41.1 Å². The molecule has 2 aliphatic heterocycles. The molecule has 1 unspecified atom stereocenters. The lowest BCUT2D eigenvalue weighted by atomic mass is 10.0. The van der Waals surface area contributed by atoms with Crippen molar-refractivity contribution in [1.82, 2.24) is 14.8 Å². The zero-order valence-electron chi connectivity index (χ0n) is 18.1. The van der Waals surface area contributed by atoms with Gasteiger partial charge in [0.05, 0.1) is 5.51 Å². The van der Waals surface area contributed by atoms with E-state index in [0.717, 1.165) is 24.3 Å². The van der Waals surface area contributed by atoms with Gasteiger partial charge in [-0.2, -0.15) is 0 Å². The van der Waals surface area contributed by atoms with Gasteiger partial charge in [0.15, 0.2) is 0 Å². The number of hydrogen-bond donors (Lipinski definition) is 0. The number of carbonyl (C=O) groups excluding carboxylic acids is 2. The van der Waals surface area contributed by atoms with Crippen LogP contribution in [0.1, 0.15) is 22.5 Å². The molecule has 5 rings (SSSR count). The molecule has 1 atom stereocenters. The number of piperazine rings is 1. The number of benzene rings is 2. The second kappa shape index (κ2) is 8.84. The monoisotopic (exact) mass is 446 g/mol. The van der Waals surface area contributed by atoms with Crippen molar-refractivity contribution in [3.63, 3.8) is 0 Å². The van der Waals surface area contributed by atoms with Crippen molar-refractivity contribution in [2.45, 2.75) is 19.4 Å². The third-order valence-corrected chi connectivity index (χ3v) is 7.07. The van der Waals surface area contributed by atoms with Gasteiger partial charge < -0.3 is 9.80 Å². The molecule has 2 amide bonds. The van der Waals surface area contributed by atoms with Crippen LogP contribution in [0.15, 0.2) is 59.4 Å². The number of aromatic nitrogens is 1. The van der Waals surface area contributed by atoms with Crippen molar-refractivity contribution in [1.29, 1.82) is 0 Å². The molecule has 7 heteroatoms. The predicted octanol–water partition coefficient (Wildman–Crippen LogP) is 3.68. The van der Waals surface area contributed by atoms with Gasteiger partial charge in [0.25, 0.3) is 5.91 Å². The zero-order chi connectivity index (χ0) is 22.1. The molecule has 1 aromatic heterocycles. The van der Waals surface area contributed by atoms with Gasteiger partial charge in [0.2, 0.25) is 5.91 Å². The molecule has 2 fully saturated rings. The molecule has 2 aromatic carbocycles. The Morgan fingerprint density at radius 1 is 1.06 bits per heavy atom. The summed E-state index contributed by atoms with van der Waals surface area (Å²) in [5.74, 6) is 0.168. The first-order valence-electron chi connectivity index (χ1n) is 11.0. The first kappa shape index (κ1) is 20.8. The quantitative estimate of drug-likeness (QED) is 0.614. The van der Waals surface area contributed by atoms with Crippen molar-refractivity contribution in [3.05, 3.63) is 70.7 Å². The van der Waals surface area contributed by atoms with E-state index in [1.807, 2.05) is 34.1 Å². The number of nitrogens with zero attached hydrogens (tertiary/aromatic N) is 4. The second-order valence-corrected chi connectivity index (χ2v) is 9.15. The topological polar surface area (TPSA) is 56.8 Å². The summed E-state index contributed by atoms with van der Waals surface area (Å²) >= 11 is 1.44. The van der Waals surface area contributed by atoms with Crippen LogP contribution in [0.3, 0.4) is 0 Å². The van der Waals surface area contributed by atoms with Gasteiger partial charge in [-0.3, -0.25) is 14.5 Å². The summed E-state index contributed by atoms with van der Waals surface area (Å²) in [6, 6.07) is 16.8. The van der Waals surface area contributed by atoms with Gasteiger partial charge in [-0.25, -0.2) is 4.98 Å². The van der Waals surface area contributed by atoms with Crippen LogP contribution >= 0.6 is 11.3 Å². The summed E-state index contributed by atoms with van der Waals surface area (Å²) in [6.07, 6.45) is 0.522. The molecule has 3 heterocycles. The maximum atomic E-state index is 12.9. The Kier molecular flexibility index (Phi) is 5.76. The highest BCUT2D eigenvalue weighted by Gasteiger charge is 2.36. The van der Waals surface area contributed by atoms with Crippen molar-refractivity contribution < 1.29 is 9.59 Å². The van der Waals surface area contributed by atoms with Crippen LogP contribution in [0.4, 0.5) is 5.69 Å². The van der Waals surface area contributed by atoms with Crippen LogP contribution in [0.2, 0.25) is 0 Å². The maximum Gasteiger partial charge on any atom is 0.273 e. The van der Waals surface area contributed by atoms with Gasteiger partial charge in [0, 0.05) is 56.3 Å². The third-order valence-electron chi connectivity index (χ3n) is 6.49. The Morgan fingerprint density at radius 2 is 1.88 bits per heavy atom. The average Bonchev–Trinajstić information content (AvgIpc) is 3.49. The van der Waals surface area contributed by atoms with E-state index in [0.29, 0.717) is 31.7 Å². The molecule has 0 aliphatic carbocycles. The Hall–Kier alpha value is -3.03. The highest BCUT2D eigenvalue weighted by atomic mass is 32.1. The van der Waals surface area contributed by atoms with Crippen LogP contribution in [0.25, 0.3) is 11.1 Å². The van der Waals surface area contributed by atoms with Gasteiger partial charge >= 0.3 is 0 Å². The molecule has 0 bridgehead atoms. The van der Waals surface area contributed by atoms with Gasteiger partial charge in [-0.15, -0.1) is 11.3 Å². The van der Waals surface area contributed by atoms with Crippen molar-refractivity contribution in [3.8, 4) is 11.1 Å². The Bertz CT molecular complexity index is 1120. The Labute approximate surface area is 192 Å². The van der Waals surface area contributed by atoms with E-state index in [1.165, 1.54) is 22.5 Å². The molecule has 0 radical (unpaired) electrons. The molecule has 6 nitrogen and oxygen atoms in total. The number of hydrogen-bond acceptors (Lipinski definition) is 5. The van der Waals surface area contributed by atoms with E-state index >= 15 is 0 Å². The Morgan fingerprint density at radius 3 is 2.62 bits per heavy atom. The largest absolute Gasteiger partial charge is 0.335 e. The lowest BCUT2D eigenvalue weighted by Crippen LogP contribution is -2.52. The lowest BCUT2D eigenvalue weighted by molar-refractivity contribution is -0.117. The van der Waals surface area contributed by atoms with E-state index < -0.39 is 0 Å². The smallest absolute Gasteiger partial charge is 0.273 e. The van der Waals surface area contributed by atoms with Crippen LogP contribution in [0, 0.1) is 6.92 Å². The van der Waals surface area contributed by atoms with Crippen LogP contribution in [-0.4, -0.2) is 65.4 Å². The second-order valence-electron chi connectivity index (χ2n) is 8.43. The molecule has 0 spiro atoms. The number of aryl methyl sites for hydroxylation is 1. The molecule has 3 aromatic rings. The number of amides is 2. The number of anilines is 1. The van der Waals surface area contributed by atoms with Crippen LogP contribution in [-0.2, 0) is 4.79 Å². The summed E-state index contributed by atoms with van der Waals surface area (Å²) in [7, 11) is 0. The molecule has 2 saturated heterocycles. The molecule has 32 heavy (non-hydrogen) atoms. The van der Waals surface area contributed by atoms with E-state index in [1.54, 1.807) is 10.9 Å². The summed E-state index contributed by atoms with van der Waals surface area (Å²) in [5.41, 5.74) is 6.72. The minimum absolute atomic E-state index is 0.00282. The summed E-state index contributed by atoms with van der Waals surface area (Å²) in [5, 5.41) is 1.80. The predicted molar refractivity (Wildman–Crippen MR) is 127 cm³/mol. The number of carbonyl (C=O) groups is 2. The minimum atomic E-state index is 0.00282. The maximum absolute atomic E-state index is 12.9. The van der Waals surface area contributed by atoms with Crippen LogP contribution in [0.5, 0.6) is 0 Å². The van der Waals surface area contributed by atoms with Gasteiger partial charge in [0.1, 0.15) is 5.69 Å². The van der Waals surface area contributed by atoms with Crippen molar-refractivity contribution in [2.24, 2.45) is 0 Å². The molecule has 2 aliphatic rings.